The molecule has 2 amide bonds. The van der Waals surface area contributed by atoms with Gasteiger partial charge in [0.1, 0.15) is 10.6 Å². The number of nitrogens with zero attached hydrogens (tertiary/aromatic N) is 1. The van der Waals surface area contributed by atoms with Crippen molar-refractivity contribution in [2.75, 3.05) is 25.5 Å². The van der Waals surface area contributed by atoms with Crippen LogP contribution in [0.1, 0.15) is 38.1 Å². The van der Waals surface area contributed by atoms with Crippen molar-refractivity contribution in [2.24, 2.45) is 0 Å². The van der Waals surface area contributed by atoms with Gasteiger partial charge in [0.2, 0.25) is 5.82 Å². The number of carbonyl (C=O) groups is 2. The van der Waals surface area contributed by atoms with Gasteiger partial charge in [-0.3, -0.25) is 14.5 Å². The Kier molecular flexibility index (Phi) is 5.90. The van der Waals surface area contributed by atoms with Crippen LogP contribution in [0.15, 0.2) is 0 Å². The first-order valence-electron chi connectivity index (χ1n) is 8.62. The van der Waals surface area contributed by atoms with Gasteiger partial charge in [0.25, 0.3) is 11.8 Å². The van der Waals surface area contributed by atoms with Gasteiger partial charge in [-0.1, -0.05) is 6.92 Å². The molecule has 0 atom stereocenters. The number of thiophene rings is 1. The van der Waals surface area contributed by atoms with E-state index in [4.69, 9.17) is 0 Å². The molecule has 1 aliphatic rings. The average molecular weight is 433 g/mol. The Morgan fingerprint density at radius 2 is 1.55 bits per heavy atom. The van der Waals surface area contributed by atoms with Crippen molar-refractivity contribution < 1.29 is 31.5 Å². The predicted molar refractivity (Wildman–Crippen MR) is 96.5 cm³/mol. The van der Waals surface area contributed by atoms with E-state index in [1.54, 1.807) is 0 Å². The highest BCUT2D eigenvalue weighted by Crippen LogP contribution is 2.37. The fourth-order valence-electron chi connectivity index (χ4n) is 3.15. The van der Waals surface area contributed by atoms with Crippen LogP contribution in [0.3, 0.4) is 0 Å². The van der Waals surface area contributed by atoms with Crippen molar-refractivity contribution in [3.05, 3.63) is 50.7 Å². The third-order valence-corrected chi connectivity index (χ3v) is 5.83. The average Bonchev–Trinajstić information content (AvgIpc) is 3.06. The lowest BCUT2D eigenvalue weighted by molar-refractivity contribution is 0.0962. The first kappa shape index (κ1) is 21.2. The zero-order chi connectivity index (χ0) is 21.5. The van der Waals surface area contributed by atoms with Crippen molar-refractivity contribution in [3.8, 4) is 0 Å². The third-order valence-electron chi connectivity index (χ3n) is 4.70. The van der Waals surface area contributed by atoms with Gasteiger partial charge >= 0.3 is 0 Å². The summed E-state index contributed by atoms with van der Waals surface area (Å²) in [5.41, 5.74) is -0.793. The molecule has 0 spiro atoms. The lowest BCUT2D eigenvalue weighted by Gasteiger charge is -2.25. The number of carbonyl (C=O) groups excluding carboxylic acids is 2. The molecule has 3 rings (SSSR count). The summed E-state index contributed by atoms with van der Waals surface area (Å²) in [6.45, 7) is 3.91. The molecule has 0 bridgehead atoms. The Bertz CT molecular complexity index is 979. The minimum absolute atomic E-state index is 0.0127. The molecular formula is C18H16F5N3O2S. The fourth-order valence-corrected chi connectivity index (χ4v) is 4.43. The molecule has 1 aromatic heterocycles. The smallest absolute Gasteiger partial charge is 0.262 e. The third kappa shape index (κ3) is 3.60. The molecule has 2 N–H and O–H groups in total. The number of nitrogens with one attached hydrogen (secondary N) is 2. The molecule has 0 fully saturated rings. The topological polar surface area (TPSA) is 61.4 Å². The molecule has 0 aliphatic carbocycles. The van der Waals surface area contributed by atoms with Crippen LogP contribution in [0.2, 0.25) is 0 Å². The van der Waals surface area contributed by atoms with Gasteiger partial charge in [-0.2, -0.15) is 0 Å². The maximum atomic E-state index is 13.9. The lowest BCUT2D eigenvalue weighted by Crippen LogP contribution is -2.30. The zero-order valence-corrected chi connectivity index (χ0v) is 16.2. The van der Waals surface area contributed by atoms with Crippen LogP contribution < -0.4 is 10.6 Å². The van der Waals surface area contributed by atoms with Crippen LogP contribution in [0.25, 0.3) is 0 Å². The number of fused-ring (bicyclic) bond motifs is 1. The summed E-state index contributed by atoms with van der Waals surface area (Å²) in [5, 5.41) is 4.57. The molecule has 0 unspecified atom stereocenters. The van der Waals surface area contributed by atoms with Gasteiger partial charge in [0.15, 0.2) is 23.3 Å². The molecule has 0 saturated carbocycles. The summed E-state index contributed by atoms with van der Waals surface area (Å²) < 4.78 is 67.9. The molecule has 29 heavy (non-hydrogen) atoms. The molecule has 156 valence electrons. The van der Waals surface area contributed by atoms with Crippen molar-refractivity contribution in [3.63, 3.8) is 0 Å². The Hall–Kier alpha value is -2.53. The molecule has 5 nitrogen and oxygen atoms in total. The highest BCUT2D eigenvalue weighted by Gasteiger charge is 2.32. The summed E-state index contributed by atoms with van der Waals surface area (Å²) in [7, 11) is 1.38. The summed E-state index contributed by atoms with van der Waals surface area (Å²) in [4.78, 5) is 27.6. The minimum Gasteiger partial charge on any atom is -0.355 e. The first-order chi connectivity index (χ1) is 13.7. The second-order valence-corrected chi connectivity index (χ2v) is 7.41. The Morgan fingerprint density at radius 1 is 0.966 bits per heavy atom. The van der Waals surface area contributed by atoms with E-state index in [1.807, 2.05) is 6.92 Å². The van der Waals surface area contributed by atoms with Crippen LogP contribution in [0.4, 0.5) is 27.0 Å². The van der Waals surface area contributed by atoms with Gasteiger partial charge in [-0.25, -0.2) is 22.0 Å². The summed E-state index contributed by atoms with van der Waals surface area (Å²) in [5.74, 6) is -13.3. The van der Waals surface area contributed by atoms with Gasteiger partial charge in [0, 0.05) is 25.0 Å². The molecule has 2 aromatic rings. The molecular weight excluding hydrogens is 417 g/mol. The molecule has 0 radical (unpaired) electrons. The second-order valence-electron chi connectivity index (χ2n) is 6.30. The standard InChI is InChI=1S/C18H16F5N3O2S/c1-3-26-5-4-7-8(6-26)29-18(9(7)16(27)24-2)25-17(28)10-11(19)13(21)15(23)14(22)12(10)20/h3-6H2,1-2H3,(H,24,27)(H,25,28). The van der Waals surface area contributed by atoms with E-state index in [-0.39, 0.29) is 10.6 Å². The van der Waals surface area contributed by atoms with Gasteiger partial charge in [-0.15, -0.1) is 11.3 Å². The van der Waals surface area contributed by atoms with Crippen molar-refractivity contribution in [1.29, 1.82) is 0 Å². The number of hydrogen-bond acceptors (Lipinski definition) is 4. The summed E-state index contributed by atoms with van der Waals surface area (Å²) in [6.07, 6.45) is 0.515. The Balaban J connectivity index is 2.04. The van der Waals surface area contributed by atoms with E-state index in [1.165, 1.54) is 7.05 Å². The van der Waals surface area contributed by atoms with E-state index in [2.05, 4.69) is 15.5 Å². The van der Waals surface area contributed by atoms with Crippen molar-refractivity contribution in [2.45, 2.75) is 19.9 Å². The molecule has 1 aromatic carbocycles. The maximum Gasteiger partial charge on any atom is 0.262 e. The first-order valence-corrected chi connectivity index (χ1v) is 9.44. The van der Waals surface area contributed by atoms with E-state index >= 15 is 0 Å². The Labute approximate surface area is 166 Å². The number of hydrogen-bond donors (Lipinski definition) is 2. The normalized spacial score (nSPS) is 13.9. The second kappa shape index (κ2) is 8.07. The van der Waals surface area contributed by atoms with Gasteiger partial charge in [-0.05, 0) is 18.5 Å². The van der Waals surface area contributed by atoms with Crippen LogP contribution in [0.5, 0.6) is 0 Å². The minimum atomic E-state index is -2.35. The number of rotatable bonds is 4. The number of halogens is 5. The number of benzene rings is 1. The Morgan fingerprint density at radius 3 is 2.10 bits per heavy atom. The van der Waals surface area contributed by atoms with Crippen LogP contribution in [0, 0.1) is 29.1 Å². The quantitative estimate of drug-likeness (QED) is 0.441. The summed E-state index contributed by atoms with van der Waals surface area (Å²) in [6, 6.07) is 0. The van der Waals surface area contributed by atoms with Crippen LogP contribution in [-0.2, 0) is 13.0 Å². The van der Waals surface area contributed by atoms with E-state index in [0.717, 1.165) is 22.8 Å². The predicted octanol–water partition coefficient (Wildman–Crippen LogP) is 3.43. The highest BCUT2D eigenvalue weighted by atomic mass is 32.1. The number of anilines is 1. The SMILES string of the molecule is CCN1CCc2c(sc(NC(=O)c3c(F)c(F)c(F)c(F)c3F)c2C(=O)NC)C1. The van der Waals surface area contributed by atoms with E-state index in [0.29, 0.717) is 25.1 Å². The summed E-state index contributed by atoms with van der Waals surface area (Å²) >= 11 is 1.03. The highest BCUT2D eigenvalue weighted by molar-refractivity contribution is 7.17. The van der Waals surface area contributed by atoms with Gasteiger partial charge in [0.05, 0.1) is 5.56 Å². The van der Waals surface area contributed by atoms with Crippen LogP contribution >= 0.6 is 11.3 Å². The van der Waals surface area contributed by atoms with E-state index < -0.39 is 46.5 Å². The van der Waals surface area contributed by atoms with Crippen molar-refractivity contribution >= 4 is 28.2 Å². The van der Waals surface area contributed by atoms with E-state index in [9.17, 15) is 31.5 Å². The molecule has 0 saturated heterocycles. The number of amides is 2. The largest absolute Gasteiger partial charge is 0.355 e. The van der Waals surface area contributed by atoms with Crippen LogP contribution in [-0.4, -0.2) is 36.9 Å². The molecule has 11 heteroatoms. The van der Waals surface area contributed by atoms with Gasteiger partial charge < -0.3 is 10.6 Å². The zero-order valence-electron chi connectivity index (χ0n) is 15.4. The number of likely N-dealkylation sites (N-methyl/N-ethyl adjacent to an activating group) is 1. The maximum absolute atomic E-state index is 13.9. The monoisotopic (exact) mass is 433 g/mol. The lowest BCUT2D eigenvalue weighted by atomic mass is 10.0. The molecule has 1 aliphatic heterocycles. The van der Waals surface area contributed by atoms with Crippen molar-refractivity contribution in [1.82, 2.24) is 10.2 Å². The molecule has 2 heterocycles. The fraction of sp³-hybridized carbons (Fsp3) is 0.333.